The smallest absolute Gasteiger partial charge is 0.137 e. The van der Waals surface area contributed by atoms with Gasteiger partial charge in [0.2, 0.25) is 0 Å². The molecule has 10 aromatic rings. The summed E-state index contributed by atoms with van der Waals surface area (Å²) in [4.78, 5) is 2.42. The second kappa shape index (κ2) is 13.9. The first-order chi connectivity index (χ1) is 29.0. The quantitative estimate of drug-likeness (QED) is 0.161. The number of hydrogen-bond acceptors (Lipinski definition) is 2. The standard InChI is InChI=1S/C57H41NO/c1-57(2)51-28-13-11-24-46(51)50-36-41(31-34-52(50)57)40-21-15-22-42(35-40)58(43-32-33-48-47-25-12-14-30-54(47)59-55(48)37-43)53-29-16-27-45(39-19-7-4-8-20-39)56(53)49-26-10-9-23-44(49)38-17-5-3-6-18-38/h3-37H,1-2H3. The molecule has 0 fully saturated rings. The summed E-state index contributed by atoms with van der Waals surface area (Å²) < 4.78 is 6.55. The third kappa shape index (κ3) is 5.79. The van der Waals surface area contributed by atoms with Crippen LogP contribution in [-0.2, 0) is 5.41 Å². The third-order valence-electron chi connectivity index (χ3n) is 12.3. The van der Waals surface area contributed by atoms with Crippen molar-refractivity contribution >= 4 is 39.0 Å². The first kappa shape index (κ1) is 34.8. The van der Waals surface area contributed by atoms with Crippen LogP contribution in [0.25, 0.3) is 77.6 Å². The molecule has 9 aromatic carbocycles. The van der Waals surface area contributed by atoms with Gasteiger partial charge in [0.1, 0.15) is 11.2 Å². The van der Waals surface area contributed by atoms with E-state index in [1.807, 2.05) is 12.1 Å². The molecule has 2 nitrogen and oxygen atoms in total. The van der Waals surface area contributed by atoms with Gasteiger partial charge < -0.3 is 9.32 Å². The van der Waals surface area contributed by atoms with E-state index in [1.54, 1.807) is 0 Å². The van der Waals surface area contributed by atoms with Crippen LogP contribution >= 0.6 is 0 Å². The normalized spacial score (nSPS) is 12.7. The monoisotopic (exact) mass is 755 g/mol. The number of anilines is 3. The Labute approximate surface area is 345 Å². The summed E-state index contributed by atoms with van der Waals surface area (Å²) in [6, 6.07) is 76.9. The maximum absolute atomic E-state index is 6.55. The van der Waals surface area contributed by atoms with Crippen molar-refractivity contribution in [2.24, 2.45) is 0 Å². The number of furan rings is 1. The van der Waals surface area contributed by atoms with E-state index in [1.165, 1.54) is 44.5 Å². The van der Waals surface area contributed by atoms with Crippen molar-refractivity contribution in [3.05, 3.63) is 223 Å². The van der Waals surface area contributed by atoms with Crippen LogP contribution in [0, 0.1) is 0 Å². The van der Waals surface area contributed by atoms with Crippen molar-refractivity contribution in [3.63, 3.8) is 0 Å². The van der Waals surface area contributed by atoms with E-state index >= 15 is 0 Å². The topological polar surface area (TPSA) is 16.4 Å². The summed E-state index contributed by atoms with van der Waals surface area (Å²) >= 11 is 0. The highest BCUT2D eigenvalue weighted by atomic mass is 16.3. The molecule has 0 aliphatic heterocycles. The van der Waals surface area contributed by atoms with Crippen LogP contribution in [0.2, 0.25) is 0 Å². The molecule has 11 rings (SSSR count). The van der Waals surface area contributed by atoms with Crippen molar-refractivity contribution in [2.75, 3.05) is 4.90 Å². The van der Waals surface area contributed by atoms with E-state index in [9.17, 15) is 0 Å². The van der Waals surface area contributed by atoms with Gasteiger partial charge in [0, 0.05) is 39.2 Å². The molecule has 59 heavy (non-hydrogen) atoms. The molecular weight excluding hydrogens is 715 g/mol. The average molecular weight is 756 g/mol. The summed E-state index contributed by atoms with van der Waals surface area (Å²) in [7, 11) is 0. The number of benzene rings is 9. The Morgan fingerprint density at radius 3 is 1.75 bits per heavy atom. The molecule has 2 heteroatoms. The van der Waals surface area contributed by atoms with Gasteiger partial charge in [-0.3, -0.25) is 0 Å². The lowest BCUT2D eigenvalue weighted by atomic mass is 9.82. The number of fused-ring (bicyclic) bond motifs is 6. The summed E-state index contributed by atoms with van der Waals surface area (Å²) in [6.07, 6.45) is 0. The molecule has 280 valence electrons. The van der Waals surface area contributed by atoms with Gasteiger partial charge in [-0.2, -0.15) is 0 Å². The SMILES string of the molecule is CC1(C)c2ccccc2-c2cc(-c3cccc(N(c4ccc5c(c4)oc4ccccc45)c4cccc(-c5ccccc5)c4-c4ccccc4-c4ccccc4)c3)ccc21. The second-order valence-corrected chi connectivity index (χ2v) is 16.1. The first-order valence-corrected chi connectivity index (χ1v) is 20.4. The summed E-state index contributed by atoms with van der Waals surface area (Å²) in [5.41, 5.74) is 19.6. The van der Waals surface area contributed by atoms with Crippen molar-refractivity contribution in [1.29, 1.82) is 0 Å². The minimum Gasteiger partial charge on any atom is -0.456 e. The van der Waals surface area contributed by atoms with Crippen LogP contribution in [0.1, 0.15) is 25.0 Å². The lowest BCUT2D eigenvalue weighted by molar-refractivity contribution is 0.660. The van der Waals surface area contributed by atoms with Gasteiger partial charge in [0.25, 0.3) is 0 Å². The lowest BCUT2D eigenvalue weighted by Crippen LogP contribution is -2.14. The zero-order valence-corrected chi connectivity index (χ0v) is 33.1. The molecule has 1 aliphatic carbocycles. The van der Waals surface area contributed by atoms with Gasteiger partial charge in [0.15, 0.2) is 0 Å². The zero-order chi connectivity index (χ0) is 39.5. The van der Waals surface area contributed by atoms with Crippen LogP contribution in [0.5, 0.6) is 0 Å². The van der Waals surface area contributed by atoms with E-state index in [2.05, 4.69) is 219 Å². The summed E-state index contributed by atoms with van der Waals surface area (Å²) in [5, 5.41) is 2.22. The highest BCUT2D eigenvalue weighted by Crippen LogP contribution is 2.51. The van der Waals surface area contributed by atoms with E-state index in [0.29, 0.717) is 0 Å². The molecule has 0 N–H and O–H groups in total. The van der Waals surface area contributed by atoms with Gasteiger partial charge in [-0.15, -0.1) is 0 Å². The van der Waals surface area contributed by atoms with E-state index < -0.39 is 0 Å². The fourth-order valence-corrected chi connectivity index (χ4v) is 9.44. The second-order valence-electron chi connectivity index (χ2n) is 16.1. The van der Waals surface area contributed by atoms with Gasteiger partial charge in [-0.25, -0.2) is 0 Å². The molecular formula is C57H41NO. The predicted molar refractivity (Wildman–Crippen MR) is 248 cm³/mol. The Hall–Kier alpha value is -7.42. The fraction of sp³-hybridized carbons (Fsp3) is 0.0526. The molecule has 1 heterocycles. The molecule has 0 bridgehead atoms. The maximum atomic E-state index is 6.55. The molecule has 0 amide bonds. The summed E-state index contributed by atoms with van der Waals surface area (Å²) in [5.74, 6) is 0. The van der Waals surface area contributed by atoms with Crippen molar-refractivity contribution in [3.8, 4) is 55.6 Å². The molecule has 1 aliphatic rings. The minimum atomic E-state index is -0.0470. The van der Waals surface area contributed by atoms with E-state index in [0.717, 1.165) is 61.3 Å². The van der Waals surface area contributed by atoms with E-state index in [-0.39, 0.29) is 5.41 Å². The van der Waals surface area contributed by atoms with Crippen molar-refractivity contribution < 1.29 is 4.42 Å². The number of nitrogens with zero attached hydrogens (tertiary/aromatic N) is 1. The molecule has 0 unspecified atom stereocenters. The largest absolute Gasteiger partial charge is 0.456 e. The predicted octanol–water partition coefficient (Wildman–Crippen LogP) is 16.0. The van der Waals surface area contributed by atoms with Crippen molar-refractivity contribution in [2.45, 2.75) is 19.3 Å². The van der Waals surface area contributed by atoms with Crippen LogP contribution < -0.4 is 4.90 Å². The number of hydrogen-bond donors (Lipinski definition) is 0. The zero-order valence-electron chi connectivity index (χ0n) is 33.1. The van der Waals surface area contributed by atoms with Gasteiger partial charge in [-0.1, -0.05) is 178 Å². The highest BCUT2D eigenvalue weighted by molar-refractivity contribution is 6.07. The molecule has 0 spiro atoms. The lowest BCUT2D eigenvalue weighted by Gasteiger charge is -2.30. The average Bonchev–Trinajstić information content (AvgIpc) is 3.78. The Morgan fingerprint density at radius 1 is 0.356 bits per heavy atom. The Kier molecular flexibility index (Phi) is 8.20. The first-order valence-electron chi connectivity index (χ1n) is 20.4. The van der Waals surface area contributed by atoms with E-state index in [4.69, 9.17) is 4.42 Å². The van der Waals surface area contributed by atoms with Gasteiger partial charge in [-0.05, 0) is 104 Å². The van der Waals surface area contributed by atoms with Crippen LogP contribution in [-0.4, -0.2) is 0 Å². The van der Waals surface area contributed by atoms with Gasteiger partial charge in [0.05, 0.1) is 5.69 Å². The molecule has 0 radical (unpaired) electrons. The molecule has 0 saturated heterocycles. The Bertz CT molecular complexity index is 3190. The molecule has 1 aromatic heterocycles. The highest BCUT2D eigenvalue weighted by Gasteiger charge is 2.35. The third-order valence-corrected chi connectivity index (χ3v) is 12.3. The minimum absolute atomic E-state index is 0.0470. The number of rotatable bonds is 7. The molecule has 0 atom stereocenters. The molecule has 0 saturated carbocycles. The van der Waals surface area contributed by atoms with Gasteiger partial charge >= 0.3 is 0 Å². The Balaban J connectivity index is 1.16. The fourth-order valence-electron chi connectivity index (χ4n) is 9.44. The summed E-state index contributed by atoms with van der Waals surface area (Å²) in [6.45, 7) is 4.68. The van der Waals surface area contributed by atoms with Crippen LogP contribution in [0.3, 0.4) is 0 Å². The van der Waals surface area contributed by atoms with Crippen molar-refractivity contribution in [1.82, 2.24) is 0 Å². The Morgan fingerprint density at radius 2 is 0.932 bits per heavy atom. The number of para-hydroxylation sites is 1. The maximum Gasteiger partial charge on any atom is 0.137 e. The van der Waals surface area contributed by atoms with Crippen LogP contribution in [0.15, 0.2) is 217 Å². The van der Waals surface area contributed by atoms with Crippen LogP contribution in [0.4, 0.5) is 17.1 Å².